The number of rotatable bonds is 9. The molecule has 0 spiro atoms. The van der Waals surface area contributed by atoms with Crippen LogP contribution in [-0.4, -0.2) is 53.2 Å². The lowest BCUT2D eigenvalue weighted by molar-refractivity contribution is -0.123. The first-order valence-electron chi connectivity index (χ1n) is 9.48. The zero-order chi connectivity index (χ0) is 23.7. The average molecular weight is 464 g/mol. The molecular weight excluding hydrogens is 440 g/mol. The standard InChI is InChI=1S/C21H24N2O8S/c1-14-4-5-15(2)18(12-14)32(27,28)31-17-8-6-16(7-9-17)20(25)30-13-19(24)23-21(26)22-10-11-29-3/h4-9,12H,10-11,13H2,1-3H3,(H2,22,23,24,26). The minimum absolute atomic E-state index is 0.00734. The number of esters is 1. The van der Waals surface area contributed by atoms with Gasteiger partial charge in [-0.15, -0.1) is 0 Å². The number of aryl methyl sites for hydroxylation is 2. The highest BCUT2D eigenvalue weighted by Crippen LogP contribution is 2.22. The molecule has 0 aliphatic rings. The second-order valence-electron chi connectivity index (χ2n) is 6.70. The highest BCUT2D eigenvalue weighted by Gasteiger charge is 2.20. The number of nitrogens with one attached hydrogen (secondary N) is 2. The van der Waals surface area contributed by atoms with Gasteiger partial charge in [-0.05, 0) is 55.3 Å². The Hall–Kier alpha value is -3.44. The molecule has 0 bridgehead atoms. The zero-order valence-corrected chi connectivity index (χ0v) is 18.7. The molecule has 2 N–H and O–H groups in total. The summed E-state index contributed by atoms with van der Waals surface area (Å²) in [6.07, 6.45) is 0. The van der Waals surface area contributed by atoms with Crippen LogP contribution in [0.1, 0.15) is 21.5 Å². The fraction of sp³-hybridized carbons (Fsp3) is 0.286. The number of carbonyl (C=O) groups is 3. The van der Waals surface area contributed by atoms with Gasteiger partial charge in [0.15, 0.2) is 6.61 Å². The number of imide groups is 1. The smallest absolute Gasteiger partial charge is 0.339 e. The monoisotopic (exact) mass is 464 g/mol. The minimum Gasteiger partial charge on any atom is -0.452 e. The highest BCUT2D eigenvalue weighted by molar-refractivity contribution is 7.87. The van der Waals surface area contributed by atoms with Crippen molar-refractivity contribution in [2.24, 2.45) is 0 Å². The van der Waals surface area contributed by atoms with Gasteiger partial charge in [-0.1, -0.05) is 12.1 Å². The molecule has 10 nitrogen and oxygen atoms in total. The number of carbonyl (C=O) groups excluding carboxylic acids is 3. The van der Waals surface area contributed by atoms with Crippen molar-refractivity contribution in [3.05, 3.63) is 59.2 Å². The average Bonchev–Trinajstić information content (AvgIpc) is 2.74. The minimum atomic E-state index is -4.06. The van der Waals surface area contributed by atoms with Gasteiger partial charge in [-0.2, -0.15) is 8.42 Å². The first kappa shape index (κ1) is 24.8. The van der Waals surface area contributed by atoms with E-state index in [1.807, 2.05) is 5.32 Å². The van der Waals surface area contributed by atoms with Gasteiger partial charge < -0.3 is 19.0 Å². The quantitative estimate of drug-likeness (QED) is 0.325. The van der Waals surface area contributed by atoms with Crippen LogP contribution in [0.15, 0.2) is 47.4 Å². The Labute approximate surface area is 186 Å². The number of hydrogen-bond acceptors (Lipinski definition) is 8. The van der Waals surface area contributed by atoms with E-state index in [0.717, 1.165) is 5.56 Å². The van der Waals surface area contributed by atoms with E-state index in [-0.39, 0.29) is 29.4 Å². The van der Waals surface area contributed by atoms with E-state index in [0.29, 0.717) is 5.56 Å². The topological polar surface area (TPSA) is 137 Å². The van der Waals surface area contributed by atoms with Crippen LogP contribution in [-0.2, 0) is 24.4 Å². The van der Waals surface area contributed by atoms with Crippen molar-refractivity contribution in [3.63, 3.8) is 0 Å². The van der Waals surface area contributed by atoms with Gasteiger partial charge in [0.2, 0.25) is 0 Å². The molecule has 0 aliphatic carbocycles. The molecule has 0 saturated carbocycles. The van der Waals surface area contributed by atoms with Gasteiger partial charge in [0.1, 0.15) is 10.6 Å². The Bertz CT molecular complexity index is 1080. The van der Waals surface area contributed by atoms with E-state index in [1.54, 1.807) is 26.0 Å². The summed E-state index contributed by atoms with van der Waals surface area (Å²) in [4.78, 5) is 35.2. The summed E-state index contributed by atoms with van der Waals surface area (Å²) in [5.74, 6) is -1.63. The number of methoxy groups -OCH3 is 1. The number of ether oxygens (including phenoxy) is 2. The highest BCUT2D eigenvalue weighted by atomic mass is 32.2. The van der Waals surface area contributed by atoms with Gasteiger partial charge in [-0.3, -0.25) is 10.1 Å². The molecule has 0 unspecified atom stereocenters. The molecule has 2 aromatic carbocycles. The number of benzene rings is 2. The maximum Gasteiger partial charge on any atom is 0.339 e. The molecule has 0 heterocycles. The van der Waals surface area contributed by atoms with Crippen molar-refractivity contribution in [2.45, 2.75) is 18.7 Å². The second kappa shape index (κ2) is 11.3. The first-order valence-corrected chi connectivity index (χ1v) is 10.9. The molecule has 172 valence electrons. The molecule has 2 aromatic rings. The third-order valence-electron chi connectivity index (χ3n) is 4.09. The summed E-state index contributed by atoms with van der Waals surface area (Å²) in [7, 11) is -2.59. The first-order chi connectivity index (χ1) is 15.1. The van der Waals surface area contributed by atoms with Crippen molar-refractivity contribution in [3.8, 4) is 5.75 Å². The van der Waals surface area contributed by atoms with Gasteiger partial charge in [0, 0.05) is 13.7 Å². The number of amides is 3. The number of hydrogen-bond donors (Lipinski definition) is 2. The third kappa shape index (κ3) is 7.36. The van der Waals surface area contributed by atoms with Crippen LogP contribution in [0.4, 0.5) is 4.79 Å². The molecule has 0 fully saturated rings. The van der Waals surface area contributed by atoms with Crippen molar-refractivity contribution in [1.82, 2.24) is 10.6 Å². The lowest BCUT2D eigenvalue weighted by Gasteiger charge is -2.10. The summed E-state index contributed by atoms with van der Waals surface area (Å²) in [6, 6.07) is 9.43. The van der Waals surface area contributed by atoms with Crippen molar-refractivity contribution in [1.29, 1.82) is 0 Å². The predicted octanol–water partition coefficient (Wildman–Crippen LogP) is 1.70. The SMILES string of the molecule is COCCNC(=O)NC(=O)COC(=O)c1ccc(OS(=O)(=O)c2cc(C)ccc2C)cc1. The van der Waals surface area contributed by atoms with Crippen molar-refractivity contribution in [2.75, 3.05) is 26.9 Å². The van der Waals surface area contributed by atoms with Gasteiger partial charge in [-0.25, -0.2) is 9.59 Å². The van der Waals surface area contributed by atoms with Crippen LogP contribution < -0.4 is 14.8 Å². The summed E-state index contributed by atoms with van der Waals surface area (Å²) < 4.78 is 39.8. The maximum absolute atomic E-state index is 12.5. The molecule has 2 rings (SSSR count). The summed E-state index contributed by atoms with van der Waals surface area (Å²) in [6.45, 7) is 3.25. The van der Waals surface area contributed by atoms with Crippen LogP contribution in [0.3, 0.4) is 0 Å². The summed E-state index contributed by atoms with van der Waals surface area (Å²) in [5.41, 5.74) is 1.38. The Morgan fingerprint density at radius 2 is 1.69 bits per heavy atom. The molecule has 0 saturated heterocycles. The molecule has 0 aliphatic heterocycles. The predicted molar refractivity (Wildman–Crippen MR) is 114 cm³/mol. The fourth-order valence-electron chi connectivity index (χ4n) is 2.48. The number of urea groups is 1. The van der Waals surface area contributed by atoms with Crippen LogP contribution in [0, 0.1) is 13.8 Å². The zero-order valence-electron chi connectivity index (χ0n) is 17.8. The largest absolute Gasteiger partial charge is 0.452 e. The lowest BCUT2D eigenvalue weighted by Crippen LogP contribution is -2.42. The van der Waals surface area contributed by atoms with Gasteiger partial charge in [0.25, 0.3) is 5.91 Å². The Morgan fingerprint density at radius 3 is 2.34 bits per heavy atom. The van der Waals surface area contributed by atoms with Gasteiger partial charge in [0.05, 0.1) is 12.2 Å². The van der Waals surface area contributed by atoms with Gasteiger partial charge >= 0.3 is 22.1 Å². The third-order valence-corrected chi connectivity index (χ3v) is 5.48. The Morgan fingerprint density at radius 1 is 1.00 bits per heavy atom. The second-order valence-corrected chi connectivity index (χ2v) is 8.22. The lowest BCUT2D eigenvalue weighted by atomic mass is 10.2. The van der Waals surface area contributed by atoms with E-state index in [2.05, 4.69) is 5.32 Å². The van der Waals surface area contributed by atoms with Crippen LogP contribution >= 0.6 is 0 Å². The van der Waals surface area contributed by atoms with E-state index >= 15 is 0 Å². The van der Waals surface area contributed by atoms with E-state index in [1.165, 1.54) is 37.4 Å². The van der Waals surface area contributed by atoms with Crippen molar-refractivity contribution < 1.29 is 36.5 Å². The van der Waals surface area contributed by atoms with E-state index in [9.17, 15) is 22.8 Å². The van der Waals surface area contributed by atoms with Crippen LogP contribution in [0.5, 0.6) is 5.75 Å². The molecule has 32 heavy (non-hydrogen) atoms. The maximum atomic E-state index is 12.5. The summed E-state index contributed by atoms with van der Waals surface area (Å²) in [5, 5.41) is 4.37. The Balaban J connectivity index is 1.91. The summed E-state index contributed by atoms with van der Waals surface area (Å²) >= 11 is 0. The van der Waals surface area contributed by atoms with Crippen LogP contribution in [0.25, 0.3) is 0 Å². The molecule has 0 atom stereocenters. The fourth-order valence-corrected chi connectivity index (χ4v) is 3.73. The normalized spacial score (nSPS) is 10.8. The molecule has 0 aromatic heterocycles. The molecule has 3 amide bonds. The molecule has 11 heteroatoms. The van der Waals surface area contributed by atoms with E-state index < -0.39 is 34.6 Å². The van der Waals surface area contributed by atoms with Crippen LogP contribution in [0.2, 0.25) is 0 Å². The molecular formula is C21H24N2O8S. The van der Waals surface area contributed by atoms with Crippen molar-refractivity contribution >= 4 is 28.0 Å². The van der Waals surface area contributed by atoms with E-state index in [4.69, 9.17) is 13.7 Å². The Kier molecular flexibility index (Phi) is 8.73. The molecule has 0 radical (unpaired) electrons.